The van der Waals surface area contributed by atoms with Gasteiger partial charge < -0.3 is 15.2 Å². The number of aryl methyl sites for hydroxylation is 1. The summed E-state index contributed by atoms with van der Waals surface area (Å²) in [5, 5.41) is 0. The topological polar surface area (TPSA) is 57.4 Å². The van der Waals surface area contributed by atoms with Crippen LogP contribution in [-0.2, 0) is 15.9 Å². The summed E-state index contributed by atoms with van der Waals surface area (Å²) in [4.78, 5) is 4.48. The third kappa shape index (κ3) is 3.28. The summed E-state index contributed by atoms with van der Waals surface area (Å²) >= 11 is 0. The van der Waals surface area contributed by atoms with Crippen LogP contribution in [0, 0.1) is 0 Å². The minimum absolute atomic E-state index is 0.142. The first kappa shape index (κ1) is 13.5. The first-order valence-electron chi connectivity index (χ1n) is 6.59. The van der Waals surface area contributed by atoms with Crippen molar-refractivity contribution in [1.82, 2.24) is 4.98 Å². The maximum atomic E-state index is 6.26. The van der Waals surface area contributed by atoms with Crippen LogP contribution >= 0.6 is 0 Å². The number of ether oxygens (including phenoxy) is 2. The number of hydrogen-bond donors (Lipinski definition) is 1. The highest BCUT2D eigenvalue weighted by atomic mass is 16.5. The third-order valence-electron chi connectivity index (χ3n) is 3.55. The number of pyridine rings is 1. The Kier molecular flexibility index (Phi) is 5.11. The van der Waals surface area contributed by atoms with E-state index in [9.17, 15) is 0 Å². The molecule has 1 aromatic rings. The summed E-state index contributed by atoms with van der Waals surface area (Å²) < 4.78 is 10.4. The fourth-order valence-electron chi connectivity index (χ4n) is 2.53. The molecule has 0 saturated heterocycles. The summed E-state index contributed by atoms with van der Waals surface area (Å²) in [6.45, 7) is 1.98. The van der Waals surface area contributed by atoms with Gasteiger partial charge in [0.05, 0.1) is 13.2 Å². The average Bonchev–Trinajstić information content (AvgIpc) is 2.82. The number of methoxy groups -OCH3 is 1. The number of rotatable bonds is 7. The van der Waals surface area contributed by atoms with Crippen LogP contribution in [0.4, 0.5) is 0 Å². The molecule has 100 valence electrons. The monoisotopic (exact) mass is 250 g/mol. The molecule has 0 fully saturated rings. The molecule has 18 heavy (non-hydrogen) atoms. The maximum absolute atomic E-state index is 6.26. The van der Waals surface area contributed by atoms with Gasteiger partial charge in [-0.1, -0.05) is 6.07 Å². The van der Waals surface area contributed by atoms with Crippen LogP contribution in [0.2, 0.25) is 0 Å². The molecular formula is C14H22N2O2. The van der Waals surface area contributed by atoms with Crippen LogP contribution < -0.4 is 5.73 Å². The zero-order valence-corrected chi connectivity index (χ0v) is 11.0. The molecule has 0 aromatic carbocycles. The smallest absolute Gasteiger partial charge is 0.0700 e. The van der Waals surface area contributed by atoms with E-state index < -0.39 is 0 Å². The van der Waals surface area contributed by atoms with Crippen molar-refractivity contribution in [2.75, 3.05) is 26.9 Å². The van der Waals surface area contributed by atoms with Gasteiger partial charge in [0.2, 0.25) is 0 Å². The van der Waals surface area contributed by atoms with Gasteiger partial charge in [0.15, 0.2) is 0 Å². The lowest BCUT2D eigenvalue weighted by molar-refractivity contribution is 0.0662. The molecule has 1 heterocycles. The molecule has 4 nitrogen and oxygen atoms in total. The molecule has 0 aliphatic heterocycles. The summed E-state index contributed by atoms with van der Waals surface area (Å²) in [6.07, 6.45) is 4.96. The molecule has 2 N–H and O–H groups in total. The predicted octanol–water partition coefficient (Wildman–Crippen LogP) is 1.49. The van der Waals surface area contributed by atoms with Gasteiger partial charge >= 0.3 is 0 Å². The van der Waals surface area contributed by atoms with Crippen molar-refractivity contribution in [2.24, 2.45) is 5.73 Å². The molecule has 0 bridgehead atoms. The van der Waals surface area contributed by atoms with Crippen LogP contribution in [-0.4, -0.2) is 38.0 Å². The van der Waals surface area contributed by atoms with Gasteiger partial charge in [-0.25, -0.2) is 0 Å². The van der Waals surface area contributed by atoms with Crippen LogP contribution in [0.5, 0.6) is 0 Å². The lowest BCUT2D eigenvalue weighted by Crippen LogP contribution is -2.29. The molecule has 0 radical (unpaired) electrons. The Morgan fingerprint density at radius 2 is 2.33 bits per heavy atom. The normalized spacial score (nSPS) is 19.8. The van der Waals surface area contributed by atoms with E-state index in [1.54, 1.807) is 7.11 Å². The van der Waals surface area contributed by atoms with Gasteiger partial charge in [-0.15, -0.1) is 0 Å². The van der Waals surface area contributed by atoms with E-state index in [1.807, 2.05) is 12.3 Å². The molecular weight excluding hydrogens is 228 g/mol. The minimum atomic E-state index is 0.142. The van der Waals surface area contributed by atoms with Gasteiger partial charge in [0.25, 0.3) is 0 Å². The summed E-state index contributed by atoms with van der Waals surface area (Å²) in [7, 11) is 1.68. The molecule has 1 aliphatic rings. The van der Waals surface area contributed by atoms with E-state index >= 15 is 0 Å². The molecule has 0 spiro atoms. The van der Waals surface area contributed by atoms with E-state index in [0.29, 0.717) is 25.7 Å². The highest BCUT2D eigenvalue weighted by Crippen LogP contribution is 2.33. The van der Waals surface area contributed by atoms with Gasteiger partial charge in [0.1, 0.15) is 0 Å². The first-order valence-corrected chi connectivity index (χ1v) is 6.59. The molecule has 0 amide bonds. The van der Waals surface area contributed by atoms with Crippen LogP contribution in [0.15, 0.2) is 18.3 Å². The van der Waals surface area contributed by atoms with Gasteiger partial charge in [-0.05, 0) is 30.9 Å². The van der Waals surface area contributed by atoms with Crippen molar-refractivity contribution in [2.45, 2.75) is 31.2 Å². The van der Waals surface area contributed by atoms with Crippen LogP contribution in [0.3, 0.4) is 0 Å². The average molecular weight is 250 g/mol. The van der Waals surface area contributed by atoms with E-state index in [1.165, 1.54) is 11.3 Å². The second kappa shape index (κ2) is 6.83. The largest absolute Gasteiger partial charge is 0.382 e. The Morgan fingerprint density at radius 3 is 3.17 bits per heavy atom. The van der Waals surface area contributed by atoms with Gasteiger partial charge in [-0.3, -0.25) is 4.98 Å². The fourth-order valence-corrected chi connectivity index (χ4v) is 2.53. The predicted molar refractivity (Wildman–Crippen MR) is 70.6 cm³/mol. The SMILES string of the molecule is COCCOCCC(N)C1CCc2cccnc21. The second-order valence-electron chi connectivity index (χ2n) is 4.75. The first-order chi connectivity index (χ1) is 8.83. The molecule has 1 aromatic heterocycles. The number of hydrogen-bond acceptors (Lipinski definition) is 4. The number of nitrogens with zero attached hydrogens (tertiary/aromatic N) is 1. The minimum Gasteiger partial charge on any atom is -0.382 e. The Morgan fingerprint density at radius 1 is 1.44 bits per heavy atom. The fraction of sp³-hybridized carbons (Fsp3) is 0.643. The highest BCUT2D eigenvalue weighted by molar-refractivity contribution is 5.29. The molecule has 0 saturated carbocycles. The van der Waals surface area contributed by atoms with Crippen molar-refractivity contribution in [3.8, 4) is 0 Å². The second-order valence-corrected chi connectivity index (χ2v) is 4.75. The van der Waals surface area contributed by atoms with Crippen molar-refractivity contribution >= 4 is 0 Å². The lowest BCUT2D eigenvalue weighted by Gasteiger charge is -2.19. The summed E-state index contributed by atoms with van der Waals surface area (Å²) in [6, 6.07) is 4.30. The number of fused-ring (bicyclic) bond motifs is 1. The Hall–Kier alpha value is -0.970. The van der Waals surface area contributed by atoms with Gasteiger partial charge in [0, 0.05) is 37.6 Å². The lowest BCUT2D eigenvalue weighted by atomic mass is 9.95. The summed E-state index contributed by atoms with van der Waals surface area (Å²) in [5.74, 6) is 0.396. The maximum Gasteiger partial charge on any atom is 0.0700 e. The Labute approximate surface area is 108 Å². The standard InChI is InChI=1S/C14H22N2O2/c1-17-9-10-18-8-6-13(15)12-5-4-11-3-2-7-16-14(11)12/h2-3,7,12-13H,4-6,8-10,15H2,1H3. The van der Waals surface area contributed by atoms with Crippen molar-refractivity contribution in [3.63, 3.8) is 0 Å². The Balaban J connectivity index is 1.78. The van der Waals surface area contributed by atoms with E-state index in [2.05, 4.69) is 11.1 Å². The zero-order valence-electron chi connectivity index (χ0n) is 11.0. The molecule has 2 atom stereocenters. The van der Waals surface area contributed by atoms with Crippen LogP contribution in [0.1, 0.15) is 30.0 Å². The van der Waals surface area contributed by atoms with E-state index in [-0.39, 0.29) is 6.04 Å². The summed E-state index contributed by atoms with van der Waals surface area (Å²) in [5.41, 5.74) is 8.81. The van der Waals surface area contributed by atoms with E-state index in [0.717, 1.165) is 19.3 Å². The van der Waals surface area contributed by atoms with Crippen molar-refractivity contribution < 1.29 is 9.47 Å². The van der Waals surface area contributed by atoms with Crippen LogP contribution in [0.25, 0.3) is 0 Å². The van der Waals surface area contributed by atoms with Gasteiger partial charge in [-0.2, -0.15) is 0 Å². The molecule has 2 unspecified atom stereocenters. The molecule has 2 rings (SSSR count). The quantitative estimate of drug-likeness (QED) is 0.745. The number of aromatic nitrogens is 1. The van der Waals surface area contributed by atoms with E-state index in [4.69, 9.17) is 15.2 Å². The molecule has 4 heteroatoms. The third-order valence-corrected chi connectivity index (χ3v) is 3.55. The highest BCUT2D eigenvalue weighted by Gasteiger charge is 2.28. The zero-order chi connectivity index (χ0) is 12.8. The van der Waals surface area contributed by atoms with Crippen molar-refractivity contribution in [1.29, 1.82) is 0 Å². The Bertz CT molecular complexity index is 371. The van der Waals surface area contributed by atoms with Crippen molar-refractivity contribution in [3.05, 3.63) is 29.6 Å². The molecule has 1 aliphatic carbocycles. The number of nitrogens with two attached hydrogens (primary N) is 1.